The summed E-state index contributed by atoms with van der Waals surface area (Å²) >= 11 is 0. The van der Waals surface area contributed by atoms with E-state index in [4.69, 9.17) is 9.47 Å². The van der Waals surface area contributed by atoms with Crippen LogP contribution in [-0.2, 0) is 6.61 Å². The number of ether oxygens (including phenoxy) is 2. The van der Waals surface area contributed by atoms with E-state index in [-0.39, 0.29) is 12.3 Å². The zero-order valence-corrected chi connectivity index (χ0v) is 11.8. The van der Waals surface area contributed by atoms with E-state index in [1.807, 2.05) is 0 Å². The molecule has 3 aromatic rings. The van der Waals surface area contributed by atoms with Crippen LogP contribution < -0.4 is 9.47 Å². The summed E-state index contributed by atoms with van der Waals surface area (Å²) in [6, 6.07) is 11.9. The van der Waals surface area contributed by atoms with E-state index in [1.54, 1.807) is 43.5 Å². The van der Waals surface area contributed by atoms with Crippen molar-refractivity contribution in [3.8, 4) is 11.5 Å². The standard InChI is InChI=1S/C15H13N3O4/c1-21-10-5-7-11(8-6-10)22-9-14-17-16-13-4-2-3-12(15(19)20)18(13)14/h2-8H,9H2,1H3,(H,19,20). The highest BCUT2D eigenvalue weighted by Crippen LogP contribution is 2.18. The third kappa shape index (κ3) is 2.56. The highest BCUT2D eigenvalue weighted by atomic mass is 16.5. The van der Waals surface area contributed by atoms with Crippen molar-refractivity contribution in [2.45, 2.75) is 6.61 Å². The van der Waals surface area contributed by atoms with E-state index in [0.29, 0.717) is 17.2 Å². The lowest BCUT2D eigenvalue weighted by atomic mass is 10.3. The number of methoxy groups -OCH3 is 1. The Kier molecular flexibility index (Phi) is 3.61. The van der Waals surface area contributed by atoms with Crippen LogP contribution in [0.5, 0.6) is 11.5 Å². The van der Waals surface area contributed by atoms with Gasteiger partial charge in [0.1, 0.15) is 23.8 Å². The van der Waals surface area contributed by atoms with E-state index in [9.17, 15) is 9.90 Å². The fourth-order valence-corrected chi connectivity index (χ4v) is 2.08. The molecule has 1 aromatic carbocycles. The predicted octanol–water partition coefficient (Wildman–Crippen LogP) is 2.02. The first-order valence-corrected chi connectivity index (χ1v) is 6.52. The van der Waals surface area contributed by atoms with Crippen molar-refractivity contribution in [2.75, 3.05) is 7.11 Å². The van der Waals surface area contributed by atoms with Gasteiger partial charge in [0, 0.05) is 0 Å². The number of aromatic nitrogens is 3. The van der Waals surface area contributed by atoms with Gasteiger partial charge in [-0.25, -0.2) is 4.79 Å². The molecule has 0 aliphatic heterocycles. The van der Waals surface area contributed by atoms with Crippen LogP contribution in [0.15, 0.2) is 42.5 Å². The molecule has 0 aliphatic rings. The van der Waals surface area contributed by atoms with E-state index in [2.05, 4.69) is 10.2 Å². The lowest BCUT2D eigenvalue weighted by Crippen LogP contribution is -2.09. The summed E-state index contributed by atoms with van der Waals surface area (Å²) in [6.07, 6.45) is 0. The molecule has 0 spiro atoms. The van der Waals surface area contributed by atoms with Crippen LogP contribution in [0.2, 0.25) is 0 Å². The Hall–Kier alpha value is -3.09. The van der Waals surface area contributed by atoms with E-state index >= 15 is 0 Å². The number of carboxylic acid groups (broad SMARTS) is 1. The lowest BCUT2D eigenvalue weighted by Gasteiger charge is -2.07. The fourth-order valence-electron chi connectivity index (χ4n) is 2.08. The minimum Gasteiger partial charge on any atom is -0.497 e. The summed E-state index contributed by atoms with van der Waals surface area (Å²) in [7, 11) is 1.59. The highest BCUT2D eigenvalue weighted by molar-refractivity contribution is 5.86. The van der Waals surface area contributed by atoms with E-state index in [0.717, 1.165) is 5.75 Å². The number of benzene rings is 1. The summed E-state index contributed by atoms with van der Waals surface area (Å²) in [5.41, 5.74) is 0.559. The Bertz CT molecular complexity index is 811. The van der Waals surface area contributed by atoms with Crippen molar-refractivity contribution in [3.05, 3.63) is 54.0 Å². The lowest BCUT2D eigenvalue weighted by molar-refractivity contribution is 0.0688. The molecule has 0 fully saturated rings. The van der Waals surface area contributed by atoms with Crippen LogP contribution >= 0.6 is 0 Å². The zero-order chi connectivity index (χ0) is 15.5. The van der Waals surface area contributed by atoms with Crippen molar-refractivity contribution in [1.82, 2.24) is 14.6 Å². The third-order valence-electron chi connectivity index (χ3n) is 3.14. The Morgan fingerprint density at radius 3 is 2.55 bits per heavy atom. The van der Waals surface area contributed by atoms with Crippen molar-refractivity contribution in [3.63, 3.8) is 0 Å². The average molecular weight is 299 g/mol. The Balaban J connectivity index is 1.86. The zero-order valence-electron chi connectivity index (χ0n) is 11.8. The van der Waals surface area contributed by atoms with Gasteiger partial charge in [0.15, 0.2) is 11.5 Å². The van der Waals surface area contributed by atoms with Gasteiger partial charge in [0.2, 0.25) is 0 Å². The molecule has 0 aliphatic carbocycles. The van der Waals surface area contributed by atoms with Gasteiger partial charge in [0.25, 0.3) is 0 Å². The van der Waals surface area contributed by atoms with Gasteiger partial charge in [-0.3, -0.25) is 4.40 Å². The maximum absolute atomic E-state index is 11.3. The first-order chi connectivity index (χ1) is 10.7. The van der Waals surface area contributed by atoms with Gasteiger partial charge >= 0.3 is 5.97 Å². The predicted molar refractivity (Wildman–Crippen MR) is 77.3 cm³/mol. The van der Waals surface area contributed by atoms with Crippen LogP contribution in [0.3, 0.4) is 0 Å². The van der Waals surface area contributed by atoms with Gasteiger partial charge in [-0.05, 0) is 36.4 Å². The molecule has 0 bridgehead atoms. The van der Waals surface area contributed by atoms with Crippen LogP contribution in [0.4, 0.5) is 0 Å². The maximum atomic E-state index is 11.3. The van der Waals surface area contributed by atoms with E-state index in [1.165, 1.54) is 10.5 Å². The number of hydrogen-bond donors (Lipinski definition) is 1. The molecule has 0 saturated carbocycles. The third-order valence-corrected chi connectivity index (χ3v) is 3.14. The molecule has 3 rings (SSSR count). The van der Waals surface area contributed by atoms with Crippen molar-refractivity contribution < 1.29 is 19.4 Å². The van der Waals surface area contributed by atoms with Crippen LogP contribution in [0.1, 0.15) is 16.3 Å². The summed E-state index contributed by atoms with van der Waals surface area (Å²) in [5, 5.41) is 17.2. The molecular formula is C15H13N3O4. The quantitative estimate of drug-likeness (QED) is 0.775. The molecule has 7 heteroatoms. The maximum Gasteiger partial charge on any atom is 0.352 e. The molecule has 0 radical (unpaired) electrons. The number of rotatable bonds is 5. The van der Waals surface area contributed by atoms with Gasteiger partial charge in [0.05, 0.1) is 7.11 Å². The monoisotopic (exact) mass is 299 g/mol. The Morgan fingerprint density at radius 1 is 1.14 bits per heavy atom. The normalized spacial score (nSPS) is 10.6. The van der Waals surface area contributed by atoms with Gasteiger partial charge < -0.3 is 14.6 Å². The van der Waals surface area contributed by atoms with Crippen molar-refractivity contribution in [1.29, 1.82) is 0 Å². The first-order valence-electron chi connectivity index (χ1n) is 6.52. The molecule has 0 amide bonds. The summed E-state index contributed by atoms with van der Waals surface area (Å²) in [6.45, 7) is 0.109. The minimum absolute atomic E-state index is 0.0934. The largest absolute Gasteiger partial charge is 0.497 e. The second-order valence-electron chi connectivity index (χ2n) is 4.49. The Morgan fingerprint density at radius 2 is 1.86 bits per heavy atom. The topological polar surface area (TPSA) is 86.0 Å². The number of pyridine rings is 1. The van der Waals surface area contributed by atoms with Crippen LogP contribution in [-0.4, -0.2) is 32.8 Å². The molecule has 0 saturated heterocycles. The second kappa shape index (κ2) is 5.72. The number of aromatic carboxylic acids is 1. The average Bonchev–Trinajstić information content (AvgIpc) is 2.96. The molecule has 1 N–H and O–H groups in total. The number of hydrogen-bond acceptors (Lipinski definition) is 5. The highest BCUT2D eigenvalue weighted by Gasteiger charge is 2.14. The molecule has 0 atom stereocenters. The molecule has 112 valence electrons. The summed E-state index contributed by atoms with van der Waals surface area (Å²) in [4.78, 5) is 11.3. The second-order valence-corrected chi connectivity index (χ2v) is 4.49. The molecule has 2 heterocycles. The smallest absolute Gasteiger partial charge is 0.352 e. The SMILES string of the molecule is COc1ccc(OCc2nnc3cccc(C(=O)O)n23)cc1. The number of fused-ring (bicyclic) bond motifs is 1. The molecular weight excluding hydrogens is 286 g/mol. The van der Waals surface area contributed by atoms with Crippen LogP contribution in [0, 0.1) is 0 Å². The van der Waals surface area contributed by atoms with Gasteiger partial charge in [-0.15, -0.1) is 10.2 Å². The van der Waals surface area contributed by atoms with Gasteiger partial charge in [-0.1, -0.05) is 6.07 Å². The number of carbonyl (C=O) groups is 1. The molecule has 2 aromatic heterocycles. The van der Waals surface area contributed by atoms with Crippen molar-refractivity contribution in [2.24, 2.45) is 0 Å². The fraction of sp³-hybridized carbons (Fsp3) is 0.133. The molecule has 0 unspecified atom stereocenters. The Labute approximate surface area is 125 Å². The first kappa shape index (κ1) is 13.9. The molecule has 7 nitrogen and oxygen atoms in total. The summed E-state index contributed by atoms with van der Waals surface area (Å²) in [5.74, 6) is 0.735. The minimum atomic E-state index is -1.05. The van der Waals surface area contributed by atoms with Crippen LogP contribution in [0.25, 0.3) is 5.65 Å². The van der Waals surface area contributed by atoms with Crippen molar-refractivity contribution >= 4 is 11.6 Å². The summed E-state index contributed by atoms with van der Waals surface area (Å²) < 4.78 is 12.2. The number of nitrogens with zero attached hydrogens (tertiary/aromatic N) is 3. The number of carboxylic acids is 1. The van der Waals surface area contributed by atoms with Gasteiger partial charge in [-0.2, -0.15) is 0 Å². The molecule has 22 heavy (non-hydrogen) atoms. The van der Waals surface area contributed by atoms with E-state index < -0.39 is 5.97 Å².